The first-order chi connectivity index (χ1) is 12.2. The van der Waals surface area contributed by atoms with Crippen LogP contribution in [0, 0.1) is 0 Å². The molecule has 0 aliphatic carbocycles. The van der Waals surface area contributed by atoms with E-state index < -0.39 is 0 Å². The van der Waals surface area contributed by atoms with Crippen LogP contribution >= 0.6 is 11.6 Å². The highest BCUT2D eigenvalue weighted by atomic mass is 35.5. The van der Waals surface area contributed by atoms with Gasteiger partial charge in [0.2, 0.25) is 0 Å². The van der Waals surface area contributed by atoms with E-state index in [-0.39, 0.29) is 11.9 Å². The SMILES string of the molecule is COc1cccc(C(=O)N[C@@H](c2ccc(Cl)cc2)c2cccnc2)c1. The van der Waals surface area contributed by atoms with Gasteiger partial charge < -0.3 is 10.1 Å². The summed E-state index contributed by atoms with van der Waals surface area (Å²) in [6.07, 6.45) is 3.44. The van der Waals surface area contributed by atoms with Crippen LogP contribution in [0.25, 0.3) is 0 Å². The molecule has 0 bridgehead atoms. The number of nitrogens with one attached hydrogen (secondary N) is 1. The first kappa shape index (κ1) is 17.0. The van der Waals surface area contributed by atoms with E-state index in [9.17, 15) is 4.79 Å². The van der Waals surface area contributed by atoms with E-state index in [1.54, 1.807) is 55.9 Å². The third kappa shape index (κ3) is 4.17. The Kier molecular flexibility index (Phi) is 5.31. The minimum absolute atomic E-state index is 0.192. The van der Waals surface area contributed by atoms with Crippen molar-refractivity contribution in [3.8, 4) is 5.75 Å². The Bertz CT molecular complexity index is 851. The summed E-state index contributed by atoms with van der Waals surface area (Å²) in [5, 5.41) is 3.71. The Morgan fingerprint density at radius 2 is 1.88 bits per heavy atom. The van der Waals surface area contributed by atoms with Crippen LogP contribution in [0.4, 0.5) is 0 Å². The summed E-state index contributed by atoms with van der Waals surface area (Å²) in [5.41, 5.74) is 2.34. The number of carbonyl (C=O) groups is 1. The number of methoxy groups -OCH3 is 1. The molecule has 0 unspecified atom stereocenters. The molecule has 0 radical (unpaired) electrons. The Morgan fingerprint density at radius 1 is 1.08 bits per heavy atom. The summed E-state index contributed by atoms with van der Waals surface area (Å²) in [7, 11) is 1.57. The van der Waals surface area contributed by atoms with Crippen LogP contribution < -0.4 is 10.1 Å². The van der Waals surface area contributed by atoms with E-state index in [2.05, 4.69) is 10.3 Å². The molecule has 25 heavy (non-hydrogen) atoms. The number of aromatic nitrogens is 1. The third-order valence-corrected chi connectivity index (χ3v) is 4.08. The minimum atomic E-state index is -0.329. The molecule has 3 aromatic rings. The fourth-order valence-electron chi connectivity index (χ4n) is 2.54. The largest absolute Gasteiger partial charge is 0.497 e. The molecule has 0 saturated heterocycles. The second-order valence-corrected chi connectivity index (χ2v) is 5.91. The zero-order valence-electron chi connectivity index (χ0n) is 13.6. The zero-order valence-corrected chi connectivity index (χ0v) is 14.4. The van der Waals surface area contributed by atoms with Crippen molar-refractivity contribution in [2.45, 2.75) is 6.04 Å². The van der Waals surface area contributed by atoms with Crippen LogP contribution in [0.2, 0.25) is 5.02 Å². The van der Waals surface area contributed by atoms with E-state index in [1.807, 2.05) is 24.3 Å². The highest BCUT2D eigenvalue weighted by molar-refractivity contribution is 6.30. The first-order valence-corrected chi connectivity index (χ1v) is 8.15. The molecule has 0 aliphatic rings. The highest BCUT2D eigenvalue weighted by Crippen LogP contribution is 2.24. The van der Waals surface area contributed by atoms with Crippen LogP contribution in [-0.4, -0.2) is 18.0 Å². The van der Waals surface area contributed by atoms with Crippen LogP contribution in [0.1, 0.15) is 27.5 Å². The monoisotopic (exact) mass is 352 g/mol. The number of ether oxygens (including phenoxy) is 1. The number of amides is 1. The van der Waals surface area contributed by atoms with Crippen LogP contribution in [0.15, 0.2) is 73.1 Å². The smallest absolute Gasteiger partial charge is 0.252 e. The molecular weight excluding hydrogens is 336 g/mol. The molecule has 126 valence electrons. The summed E-state index contributed by atoms with van der Waals surface area (Å²) in [6.45, 7) is 0. The fraction of sp³-hybridized carbons (Fsp3) is 0.100. The lowest BCUT2D eigenvalue weighted by molar-refractivity contribution is 0.0942. The molecule has 3 rings (SSSR count). The van der Waals surface area contributed by atoms with Gasteiger partial charge in [-0.05, 0) is 47.5 Å². The van der Waals surface area contributed by atoms with Crippen LogP contribution in [0.5, 0.6) is 5.75 Å². The van der Waals surface area contributed by atoms with Gasteiger partial charge in [-0.1, -0.05) is 35.9 Å². The molecule has 0 saturated carbocycles. The zero-order chi connectivity index (χ0) is 17.6. The number of carbonyl (C=O) groups excluding carboxylic acids is 1. The van der Waals surface area contributed by atoms with Crippen LogP contribution in [0.3, 0.4) is 0 Å². The predicted octanol–water partition coefficient (Wildman–Crippen LogP) is 4.26. The van der Waals surface area contributed by atoms with Crippen molar-refractivity contribution in [3.63, 3.8) is 0 Å². The van der Waals surface area contributed by atoms with E-state index in [4.69, 9.17) is 16.3 Å². The Hall–Kier alpha value is -2.85. The lowest BCUT2D eigenvalue weighted by Crippen LogP contribution is -2.29. The molecule has 1 amide bonds. The van der Waals surface area contributed by atoms with E-state index in [0.717, 1.165) is 11.1 Å². The Balaban J connectivity index is 1.92. The molecule has 0 fully saturated rings. The van der Waals surface area contributed by atoms with E-state index >= 15 is 0 Å². The van der Waals surface area contributed by atoms with E-state index in [0.29, 0.717) is 16.3 Å². The quantitative estimate of drug-likeness (QED) is 0.746. The molecule has 1 heterocycles. The molecule has 1 N–H and O–H groups in total. The van der Waals surface area contributed by atoms with Gasteiger partial charge in [-0.2, -0.15) is 0 Å². The van der Waals surface area contributed by atoms with Gasteiger partial charge in [-0.3, -0.25) is 9.78 Å². The molecule has 4 nitrogen and oxygen atoms in total. The molecule has 0 aliphatic heterocycles. The molecule has 1 atom stereocenters. The predicted molar refractivity (Wildman–Crippen MR) is 98.0 cm³/mol. The summed E-state index contributed by atoms with van der Waals surface area (Å²) in [6, 6.07) is 17.9. The number of nitrogens with zero attached hydrogens (tertiary/aromatic N) is 1. The van der Waals surface area contributed by atoms with E-state index in [1.165, 1.54) is 0 Å². The maximum absolute atomic E-state index is 12.7. The summed E-state index contributed by atoms with van der Waals surface area (Å²) >= 11 is 5.98. The van der Waals surface area contributed by atoms with Gasteiger partial charge in [0, 0.05) is 23.0 Å². The summed E-state index contributed by atoms with van der Waals surface area (Å²) < 4.78 is 5.19. The second kappa shape index (κ2) is 7.81. The average Bonchev–Trinajstić information content (AvgIpc) is 2.67. The third-order valence-electron chi connectivity index (χ3n) is 3.83. The lowest BCUT2D eigenvalue weighted by Gasteiger charge is -2.20. The minimum Gasteiger partial charge on any atom is -0.497 e. The average molecular weight is 353 g/mol. The van der Waals surface area contributed by atoms with Gasteiger partial charge in [0.25, 0.3) is 5.91 Å². The normalized spacial score (nSPS) is 11.6. The molecule has 1 aromatic heterocycles. The lowest BCUT2D eigenvalue weighted by atomic mass is 9.99. The maximum Gasteiger partial charge on any atom is 0.252 e. The first-order valence-electron chi connectivity index (χ1n) is 7.77. The molecule has 0 spiro atoms. The van der Waals surface area contributed by atoms with Crippen molar-refractivity contribution in [1.29, 1.82) is 0 Å². The Morgan fingerprint density at radius 3 is 2.56 bits per heavy atom. The number of rotatable bonds is 5. The fourth-order valence-corrected chi connectivity index (χ4v) is 2.67. The topological polar surface area (TPSA) is 51.2 Å². The Labute approximate surface area is 151 Å². The second-order valence-electron chi connectivity index (χ2n) is 5.48. The van der Waals surface area contributed by atoms with Crippen LogP contribution in [-0.2, 0) is 0 Å². The standard InChI is InChI=1S/C20H17ClN2O2/c1-25-18-6-2-4-15(12-18)20(24)23-19(16-5-3-11-22-13-16)14-7-9-17(21)10-8-14/h2-13,19H,1H3,(H,23,24)/t19-/m0/s1. The molecule has 5 heteroatoms. The van der Waals surface area contributed by atoms with Crippen molar-refractivity contribution >= 4 is 17.5 Å². The number of hydrogen-bond donors (Lipinski definition) is 1. The summed E-state index contributed by atoms with van der Waals surface area (Å²) in [5.74, 6) is 0.444. The summed E-state index contributed by atoms with van der Waals surface area (Å²) in [4.78, 5) is 16.9. The van der Waals surface area contributed by atoms with Gasteiger partial charge in [-0.15, -0.1) is 0 Å². The van der Waals surface area contributed by atoms with Gasteiger partial charge in [0.05, 0.1) is 13.2 Å². The number of halogens is 1. The van der Waals surface area contributed by atoms with Crippen molar-refractivity contribution in [3.05, 3.63) is 94.8 Å². The van der Waals surface area contributed by atoms with Gasteiger partial charge in [0.1, 0.15) is 5.75 Å². The van der Waals surface area contributed by atoms with Crippen molar-refractivity contribution < 1.29 is 9.53 Å². The van der Waals surface area contributed by atoms with Gasteiger partial charge in [0.15, 0.2) is 0 Å². The number of hydrogen-bond acceptors (Lipinski definition) is 3. The maximum atomic E-state index is 12.7. The van der Waals surface area contributed by atoms with Crippen molar-refractivity contribution in [1.82, 2.24) is 10.3 Å². The highest BCUT2D eigenvalue weighted by Gasteiger charge is 2.18. The number of pyridine rings is 1. The number of benzene rings is 2. The van der Waals surface area contributed by atoms with Gasteiger partial charge >= 0.3 is 0 Å². The van der Waals surface area contributed by atoms with Crippen molar-refractivity contribution in [2.24, 2.45) is 0 Å². The van der Waals surface area contributed by atoms with Gasteiger partial charge in [-0.25, -0.2) is 0 Å². The molecule has 2 aromatic carbocycles. The van der Waals surface area contributed by atoms with Crippen molar-refractivity contribution in [2.75, 3.05) is 7.11 Å². The molecular formula is C20H17ClN2O2.